The standard InChI is InChI=1S/C15H12N2O4S/c1-10-8-12(15(18)19)4-7-14(10)17-22(20,21)13-5-2-11(9-16)3-6-13/h2-8,17H,1H3,(H,18,19). The monoisotopic (exact) mass is 316 g/mol. The van der Waals surface area contributed by atoms with Gasteiger partial charge in [0.1, 0.15) is 0 Å². The average Bonchev–Trinajstić information content (AvgIpc) is 2.49. The van der Waals surface area contributed by atoms with Crippen molar-refractivity contribution in [3.63, 3.8) is 0 Å². The average molecular weight is 316 g/mol. The maximum Gasteiger partial charge on any atom is 0.335 e. The number of aryl methyl sites for hydroxylation is 1. The van der Waals surface area contributed by atoms with E-state index < -0.39 is 16.0 Å². The van der Waals surface area contributed by atoms with E-state index in [9.17, 15) is 13.2 Å². The topological polar surface area (TPSA) is 107 Å². The second-order valence-electron chi connectivity index (χ2n) is 4.58. The molecule has 2 aromatic carbocycles. The zero-order valence-corrected chi connectivity index (χ0v) is 12.4. The Bertz CT molecular complexity index is 865. The van der Waals surface area contributed by atoms with Gasteiger partial charge in [0, 0.05) is 0 Å². The van der Waals surface area contributed by atoms with Crippen LogP contribution in [0.3, 0.4) is 0 Å². The Morgan fingerprint density at radius 3 is 2.32 bits per heavy atom. The Hall–Kier alpha value is -2.85. The quantitative estimate of drug-likeness (QED) is 0.900. The molecule has 0 aromatic heterocycles. The van der Waals surface area contributed by atoms with Gasteiger partial charge in [-0.3, -0.25) is 4.72 Å². The van der Waals surface area contributed by atoms with Crippen LogP contribution >= 0.6 is 0 Å². The Morgan fingerprint density at radius 1 is 1.18 bits per heavy atom. The molecule has 0 saturated carbocycles. The number of benzene rings is 2. The third-order valence-electron chi connectivity index (χ3n) is 3.01. The molecule has 0 aliphatic carbocycles. The maximum atomic E-state index is 12.3. The fourth-order valence-corrected chi connectivity index (χ4v) is 2.95. The molecule has 0 aliphatic heterocycles. The lowest BCUT2D eigenvalue weighted by Crippen LogP contribution is -2.14. The molecule has 2 N–H and O–H groups in total. The Kier molecular flexibility index (Phi) is 4.15. The SMILES string of the molecule is Cc1cc(C(=O)O)ccc1NS(=O)(=O)c1ccc(C#N)cc1. The van der Waals surface area contributed by atoms with Crippen molar-refractivity contribution in [1.29, 1.82) is 5.26 Å². The number of sulfonamides is 1. The van der Waals surface area contributed by atoms with E-state index >= 15 is 0 Å². The number of carboxylic acids is 1. The Labute approximate surface area is 127 Å². The number of carboxylic acid groups (broad SMARTS) is 1. The van der Waals surface area contributed by atoms with E-state index in [1.54, 1.807) is 6.92 Å². The van der Waals surface area contributed by atoms with Gasteiger partial charge < -0.3 is 5.11 Å². The number of rotatable bonds is 4. The summed E-state index contributed by atoms with van der Waals surface area (Å²) in [5.41, 5.74) is 1.24. The summed E-state index contributed by atoms with van der Waals surface area (Å²) in [5.74, 6) is -1.08. The van der Waals surface area contributed by atoms with Crippen LogP contribution in [0, 0.1) is 18.3 Å². The van der Waals surface area contributed by atoms with Crippen molar-refractivity contribution in [2.45, 2.75) is 11.8 Å². The highest BCUT2D eigenvalue weighted by Gasteiger charge is 2.16. The van der Waals surface area contributed by atoms with Gasteiger partial charge in [-0.25, -0.2) is 13.2 Å². The van der Waals surface area contributed by atoms with Gasteiger partial charge in [-0.15, -0.1) is 0 Å². The summed E-state index contributed by atoms with van der Waals surface area (Å²) >= 11 is 0. The molecular formula is C15H12N2O4S. The highest BCUT2D eigenvalue weighted by molar-refractivity contribution is 7.92. The minimum atomic E-state index is -3.80. The second kappa shape index (κ2) is 5.87. The van der Waals surface area contributed by atoms with Gasteiger partial charge in [0.2, 0.25) is 0 Å². The van der Waals surface area contributed by atoms with Crippen LogP contribution in [0.15, 0.2) is 47.4 Å². The molecule has 0 bridgehead atoms. The van der Waals surface area contributed by atoms with Crippen LogP contribution in [0.1, 0.15) is 21.5 Å². The van der Waals surface area contributed by atoms with Crippen LogP contribution in [0.5, 0.6) is 0 Å². The summed E-state index contributed by atoms with van der Waals surface area (Å²) in [6, 6.07) is 11.5. The molecule has 0 amide bonds. The summed E-state index contributed by atoms with van der Waals surface area (Å²) in [6.45, 7) is 1.61. The lowest BCUT2D eigenvalue weighted by Gasteiger charge is -2.11. The number of anilines is 1. The summed E-state index contributed by atoms with van der Waals surface area (Å²) in [4.78, 5) is 10.9. The zero-order valence-electron chi connectivity index (χ0n) is 11.6. The molecule has 0 fully saturated rings. The van der Waals surface area contributed by atoms with Crippen LogP contribution in [0.4, 0.5) is 5.69 Å². The first-order chi connectivity index (χ1) is 10.3. The fourth-order valence-electron chi connectivity index (χ4n) is 1.82. The van der Waals surface area contributed by atoms with Crippen molar-refractivity contribution in [1.82, 2.24) is 0 Å². The van der Waals surface area contributed by atoms with Gasteiger partial charge >= 0.3 is 5.97 Å². The third-order valence-corrected chi connectivity index (χ3v) is 4.39. The molecule has 22 heavy (non-hydrogen) atoms. The lowest BCUT2D eigenvalue weighted by atomic mass is 10.1. The predicted octanol–water partition coefficient (Wildman–Crippen LogP) is 2.37. The molecule has 0 heterocycles. The summed E-state index contributed by atoms with van der Waals surface area (Å²) < 4.78 is 26.9. The van der Waals surface area contributed by atoms with Crippen LogP contribution in [0.25, 0.3) is 0 Å². The fraction of sp³-hybridized carbons (Fsp3) is 0.0667. The van der Waals surface area contributed by atoms with Gasteiger partial charge in [-0.2, -0.15) is 5.26 Å². The molecule has 0 atom stereocenters. The first-order valence-electron chi connectivity index (χ1n) is 6.20. The van der Waals surface area contributed by atoms with Crippen LogP contribution < -0.4 is 4.72 Å². The van der Waals surface area contributed by atoms with Crippen molar-refractivity contribution in [2.75, 3.05) is 4.72 Å². The van der Waals surface area contributed by atoms with E-state index in [1.165, 1.54) is 42.5 Å². The highest BCUT2D eigenvalue weighted by atomic mass is 32.2. The Balaban J connectivity index is 2.32. The number of nitrogens with zero attached hydrogens (tertiary/aromatic N) is 1. The van der Waals surface area contributed by atoms with Gasteiger partial charge in [-0.1, -0.05) is 0 Å². The summed E-state index contributed by atoms with van der Waals surface area (Å²) in [6.07, 6.45) is 0. The van der Waals surface area contributed by atoms with Crippen LogP contribution in [0.2, 0.25) is 0 Å². The lowest BCUT2D eigenvalue weighted by molar-refractivity contribution is 0.0697. The third kappa shape index (κ3) is 3.24. The van der Waals surface area contributed by atoms with Gasteiger partial charge in [0.25, 0.3) is 10.0 Å². The largest absolute Gasteiger partial charge is 0.478 e. The van der Waals surface area contributed by atoms with E-state index in [4.69, 9.17) is 10.4 Å². The van der Waals surface area contributed by atoms with Crippen molar-refractivity contribution < 1.29 is 18.3 Å². The molecule has 0 radical (unpaired) electrons. The first kappa shape index (κ1) is 15.5. The number of carbonyl (C=O) groups is 1. The summed E-state index contributed by atoms with van der Waals surface area (Å²) in [5, 5.41) is 17.6. The highest BCUT2D eigenvalue weighted by Crippen LogP contribution is 2.21. The van der Waals surface area contributed by atoms with E-state index in [-0.39, 0.29) is 10.5 Å². The minimum Gasteiger partial charge on any atom is -0.478 e. The first-order valence-corrected chi connectivity index (χ1v) is 7.69. The number of hydrogen-bond acceptors (Lipinski definition) is 4. The molecule has 0 spiro atoms. The molecule has 7 heteroatoms. The maximum absolute atomic E-state index is 12.3. The van der Waals surface area contributed by atoms with Crippen molar-refractivity contribution in [2.24, 2.45) is 0 Å². The molecule has 0 aliphatic rings. The van der Waals surface area contributed by atoms with Crippen LogP contribution in [-0.4, -0.2) is 19.5 Å². The smallest absolute Gasteiger partial charge is 0.335 e. The Morgan fingerprint density at radius 2 is 1.82 bits per heavy atom. The van der Waals surface area contributed by atoms with Crippen LogP contribution in [-0.2, 0) is 10.0 Å². The van der Waals surface area contributed by atoms with Crippen molar-refractivity contribution in [3.05, 3.63) is 59.2 Å². The van der Waals surface area contributed by atoms with E-state index in [2.05, 4.69) is 4.72 Å². The van der Waals surface area contributed by atoms with E-state index in [0.717, 1.165) is 0 Å². The van der Waals surface area contributed by atoms with Gasteiger partial charge in [0.15, 0.2) is 0 Å². The number of nitriles is 1. The molecule has 0 unspecified atom stereocenters. The second-order valence-corrected chi connectivity index (χ2v) is 6.26. The number of nitrogens with one attached hydrogen (secondary N) is 1. The zero-order chi connectivity index (χ0) is 16.3. The molecule has 2 aromatic rings. The predicted molar refractivity (Wildman–Crippen MR) is 80.1 cm³/mol. The number of hydrogen-bond donors (Lipinski definition) is 2. The van der Waals surface area contributed by atoms with Crippen molar-refractivity contribution >= 4 is 21.7 Å². The van der Waals surface area contributed by atoms with Gasteiger partial charge in [0.05, 0.1) is 27.8 Å². The van der Waals surface area contributed by atoms with E-state index in [1.807, 2.05) is 6.07 Å². The van der Waals surface area contributed by atoms with Gasteiger partial charge in [-0.05, 0) is 55.0 Å². The molecule has 0 saturated heterocycles. The normalized spacial score (nSPS) is 10.7. The van der Waals surface area contributed by atoms with E-state index in [0.29, 0.717) is 16.8 Å². The van der Waals surface area contributed by atoms with Crippen molar-refractivity contribution in [3.8, 4) is 6.07 Å². The summed E-state index contributed by atoms with van der Waals surface area (Å²) in [7, 11) is -3.80. The minimum absolute atomic E-state index is 0.0215. The molecule has 2 rings (SSSR count). The number of aromatic carboxylic acids is 1. The molecule has 112 valence electrons. The molecule has 6 nitrogen and oxygen atoms in total. The molecular weight excluding hydrogens is 304 g/mol.